The van der Waals surface area contributed by atoms with Crippen LogP contribution in [0.1, 0.15) is 17.5 Å². The number of hydrogen-bond acceptors (Lipinski definition) is 4. The van der Waals surface area contributed by atoms with E-state index in [1.807, 2.05) is 0 Å². The van der Waals surface area contributed by atoms with Gasteiger partial charge in [0.25, 0.3) is 0 Å². The fourth-order valence-corrected chi connectivity index (χ4v) is 3.97. The van der Waals surface area contributed by atoms with Crippen molar-refractivity contribution in [2.45, 2.75) is 24.2 Å². The van der Waals surface area contributed by atoms with Gasteiger partial charge < -0.3 is 15.0 Å². The third-order valence-corrected chi connectivity index (χ3v) is 5.59. The van der Waals surface area contributed by atoms with E-state index in [0.717, 1.165) is 23.5 Å². The lowest BCUT2D eigenvalue weighted by Gasteiger charge is -2.17. The number of ether oxygens (including phenoxy) is 1. The summed E-state index contributed by atoms with van der Waals surface area (Å²) in [5.74, 6) is 0.762. The number of nitrogens with one attached hydrogen (secondary N) is 1. The molecule has 0 aliphatic heterocycles. The average molecular weight is 385 g/mol. The highest BCUT2D eigenvalue weighted by molar-refractivity contribution is 8.00. The highest BCUT2D eigenvalue weighted by Crippen LogP contribution is 2.27. The molecule has 6 heteroatoms. The maximum atomic E-state index is 12.3. The van der Waals surface area contributed by atoms with Gasteiger partial charge in [0, 0.05) is 17.6 Å². The Labute approximate surface area is 164 Å². The van der Waals surface area contributed by atoms with Gasteiger partial charge in [-0.2, -0.15) is 0 Å². The Hall–Kier alpha value is -2.47. The van der Waals surface area contributed by atoms with E-state index in [4.69, 9.17) is 4.74 Å². The molecule has 3 rings (SSSR count). The first-order valence-corrected chi connectivity index (χ1v) is 9.96. The molecular formula is C21H24N2O3S. The summed E-state index contributed by atoms with van der Waals surface area (Å²) in [6.45, 7) is 0.0234. The molecule has 0 heterocycles. The molecule has 27 heavy (non-hydrogen) atoms. The first-order valence-electron chi connectivity index (χ1n) is 8.97. The zero-order chi connectivity index (χ0) is 19.2. The zero-order valence-electron chi connectivity index (χ0n) is 15.7. The second kappa shape index (κ2) is 8.95. The lowest BCUT2D eigenvalue weighted by Crippen LogP contribution is -2.35. The molecular weight excluding hydrogens is 360 g/mol. The number of nitrogens with zero attached hydrogens (tertiary/aromatic N) is 1. The lowest BCUT2D eigenvalue weighted by atomic mass is 10.1. The van der Waals surface area contributed by atoms with Crippen molar-refractivity contribution in [2.75, 3.05) is 31.8 Å². The van der Waals surface area contributed by atoms with E-state index in [9.17, 15) is 9.59 Å². The quantitative estimate of drug-likeness (QED) is 0.744. The van der Waals surface area contributed by atoms with Crippen LogP contribution in [0, 0.1) is 0 Å². The number of amides is 2. The van der Waals surface area contributed by atoms with Gasteiger partial charge in [0.2, 0.25) is 11.8 Å². The van der Waals surface area contributed by atoms with Crippen molar-refractivity contribution in [3.63, 3.8) is 0 Å². The van der Waals surface area contributed by atoms with Crippen molar-refractivity contribution in [1.82, 2.24) is 4.90 Å². The van der Waals surface area contributed by atoms with E-state index in [1.165, 1.54) is 34.2 Å². The molecule has 0 saturated carbocycles. The van der Waals surface area contributed by atoms with Crippen LogP contribution >= 0.6 is 11.8 Å². The minimum absolute atomic E-state index is 0.0234. The number of thioether (sulfide) groups is 1. The Balaban J connectivity index is 1.46. The first kappa shape index (κ1) is 19.3. The summed E-state index contributed by atoms with van der Waals surface area (Å²) in [6, 6.07) is 13.5. The Bertz CT molecular complexity index is 821. The van der Waals surface area contributed by atoms with Gasteiger partial charge in [-0.15, -0.1) is 11.8 Å². The van der Waals surface area contributed by atoms with Crippen molar-refractivity contribution in [2.24, 2.45) is 0 Å². The van der Waals surface area contributed by atoms with Crippen LogP contribution < -0.4 is 10.1 Å². The number of fused-ring (bicyclic) bond motifs is 1. The summed E-state index contributed by atoms with van der Waals surface area (Å²) in [5, 5.41) is 2.79. The van der Waals surface area contributed by atoms with Gasteiger partial charge >= 0.3 is 0 Å². The molecule has 0 bridgehead atoms. The zero-order valence-corrected chi connectivity index (χ0v) is 16.5. The van der Waals surface area contributed by atoms with E-state index < -0.39 is 0 Å². The fourth-order valence-electron chi connectivity index (χ4n) is 3.07. The number of likely N-dealkylation sites (N-methyl/N-ethyl adjacent to an activating group) is 1. The minimum atomic E-state index is -0.224. The SMILES string of the molecule is COc1ccc(NC(=O)CN(C)C(=O)CSc2ccc3c(c2)CCC3)cc1. The number of rotatable bonds is 7. The molecule has 0 aromatic heterocycles. The van der Waals surface area contributed by atoms with Crippen LogP contribution in [-0.4, -0.2) is 43.2 Å². The normalized spacial score (nSPS) is 12.4. The molecule has 2 aromatic carbocycles. The van der Waals surface area contributed by atoms with Gasteiger partial charge in [-0.05, 0) is 66.8 Å². The summed E-state index contributed by atoms with van der Waals surface area (Å²) in [5.41, 5.74) is 3.51. The van der Waals surface area contributed by atoms with Crippen LogP contribution in [0.4, 0.5) is 5.69 Å². The largest absolute Gasteiger partial charge is 0.497 e. The molecule has 2 amide bonds. The highest BCUT2D eigenvalue weighted by atomic mass is 32.2. The number of anilines is 1. The summed E-state index contributed by atoms with van der Waals surface area (Å²) in [7, 11) is 3.24. The Kier molecular flexibility index (Phi) is 6.40. The smallest absolute Gasteiger partial charge is 0.243 e. The summed E-state index contributed by atoms with van der Waals surface area (Å²) in [4.78, 5) is 27.0. The number of carbonyl (C=O) groups excluding carboxylic acids is 2. The van der Waals surface area contributed by atoms with Crippen LogP contribution in [0.5, 0.6) is 5.75 Å². The second-order valence-electron chi connectivity index (χ2n) is 6.60. The summed E-state index contributed by atoms with van der Waals surface area (Å²) in [6.07, 6.45) is 3.50. The molecule has 0 unspecified atom stereocenters. The Morgan fingerprint density at radius 2 is 1.85 bits per heavy atom. The van der Waals surface area contributed by atoms with Gasteiger partial charge in [0.1, 0.15) is 5.75 Å². The second-order valence-corrected chi connectivity index (χ2v) is 7.65. The molecule has 1 N–H and O–H groups in total. The van der Waals surface area contributed by atoms with Crippen LogP contribution in [0.15, 0.2) is 47.4 Å². The molecule has 0 radical (unpaired) electrons. The predicted molar refractivity (Wildman–Crippen MR) is 108 cm³/mol. The maximum Gasteiger partial charge on any atom is 0.243 e. The van der Waals surface area contributed by atoms with Crippen molar-refractivity contribution in [3.05, 3.63) is 53.6 Å². The minimum Gasteiger partial charge on any atom is -0.497 e. The topological polar surface area (TPSA) is 58.6 Å². The third kappa shape index (κ3) is 5.26. The molecule has 5 nitrogen and oxygen atoms in total. The van der Waals surface area contributed by atoms with E-state index in [0.29, 0.717) is 11.4 Å². The predicted octanol–water partition coefficient (Wildman–Crippen LogP) is 3.37. The van der Waals surface area contributed by atoms with Crippen LogP contribution in [0.25, 0.3) is 0 Å². The van der Waals surface area contributed by atoms with Gasteiger partial charge in [-0.1, -0.05) is 6.07 Å². The molecule has 1 aliphatic rings. The number of benzene rings is 2. The molecule has 142 valence electrons. The van der Waals surface area contributed by atoms with Crippen molar-refractivity contribution < 1.29 is 14.3 Å². The number of carbonyl (C=O) groups is 2. The van der Waals surface area contributed by atoms with Crippen LogP contribution in [-0.2, 0) is 22.4 Å². The van der Waals surface area contributed by atoms with E-state index in [1.54, 1.807) is 38.4 Å². The van der Waals surface area contributed by atoms with Crippen LogP contribution in [0.3, 0.4) is 0 Å². The highest BCUT2D eigenvalue weighted by Gasteiger charge is 2.15. The summed E-state index contributed by atoms with van der Waals surface area (Å²) >= 11 is 1.52. The number of methoxy groups -OCH3 is 1. The number of aryl methyl sites for hydroxylation is 2. The fraction of sp³-hybridized carbons (Fsp3) is 0.333. The third-order valence-electron chi connectivity index (χ3n) is 4.61. The first-order chi connectivity index (χ1) is 13.0. The van der Waals surface area contributed by atoms with E-state index >= 15 is 0 Å². The van der Waals surface area contributed by atoms with E-state index in [-0.39, 0.29) is 18.4 Å². The number of hydrogen-bond donors (Lipinski definition) is 1. The van der Waals surface area contributed by atoms with E-state index in [2.05, 4.69) is 23.5 Å². The molecule has 0 fully saturated rings. The molecule has 0 saturated heterocycles. The summed E-state index contributed by atoms with van der Waals surface area (Å²) < 4.78 is 5.09. The van der Waals surface area contributed by atoms with Crippen molar-refractivity contribution in [1.29, 1.82) is 0 Å². The maximum absolute atomic E-state index is 12.3. The van der Waals surface area contributed by atoms with Crippen molar-refractivity contribution in [3.8, 4) is 5.75 Å². The molecule has 0 spiro atoms. The van der Waals surface area contributed by atoms with Gasteiger partial charge in [0.05, 0.1) is 19.4 Å². The van der Waals surface area contributed by atoms with Gasteiger partial charge in [-0.25, -0.2) is 0 Å². The Morgan fingerprint density at radius 1 is 1.11 bits per heavy atom. The van der Waals surface area contributed by atoms with Gasteiger partial charge in [-0.3, -0.25) is 9.59 Å². The lowest BCUT2D eigenvalue weighted by molar-refractivity contribution is -0.131. The van der Waals surface area contributed by atoms with Gasteiger partial charge in [0.15, 0.2) is 0 Å². The molecule has 1 aliphatic carbocycles. The Morgan fingerprint density at radius 3 is 2.59 bits per heavy atom. The molecule has 2 aromatic rings. The van der Waals surface area contributed by atoms with Crippen LogP contribution in [0.2, 0.25) is 0 Å². The monoisotopic (exact) mass is 384 g/mol. The van der Waals surface area contributed by atoms with Crippen molar-refractivity contribution >= 4 is 29.3 Å². The standard InChI is InChI=1S/C21H24N2O3S/c1-23(13-20(24)22-17-7-9-18(26-2)10-8-17)21(25)14-27-19-11-6-15-4-3-5-16(15)12-19/h6-12H,3-5,13-14H2,1-2H3,(H,22,24). The average Bonchev–Trinajstić information content (AvgIpc) is 3.14. The molecule has 0 atom stereocenters.